The van der Waals surface area contributed by atoms with E-state index in [1.807, 2.05) is 30.3 Å². The lowest BCUT2D eigenvalue weighted by molar-refractivity contribution is 0.252. The Balaban J connectivity index is 1.52. The average Bonchev–Trinajstić information content (AvgIpc) is 2.72. The maximum absolute atomic E-state index is 11.6. The molecule has 0 saturated heterocycles. The fourth-order valence-corrected chi connectivity index (χ4v) is 2.47. The number of urea groups is 1. The van der Waals surface area contributed by atoms with Crippen molar-refractivity contribution in [2.75, 3.05) is 5.32 Å². The van der Waals surface area contributed by atoms with Gasteiger partial charge in [0.25, 0.3) is 0 Å². The third-order valence-electron chi connectivity index (χ3n) is 3.50. The van der Waals surface area contributed by atoms with Gasteiger partial charge in [-0.1, -0.05) is 30.4 Å². The number of amides is 2. The van der Waals surface area contributed by atoms with Crippen LogP contribution in [0.25, 0.3) is 0 Å². The van der Waals surface area contributed by atoms with Gasteiger partial charge in [-0.2, -0.15) is 5.10 Å². The molecule has 2 aliphatic rings. The smallest absolute Gasteiger partial charge is 0.307 e. The highest BCUT2D eigenvalue weighted by molar-refractivity contribution is 5.96. The van der Waals surface area contributed by atoms with Crippen molar-refractivity contribution in [1.29, 1.82) is 0 Å². The van der Waals surface area contributed by atoms with Crippen LogP contribution in [0.1, 0.15) is 12.8 Å². The van der Waals surface area contributed by atoms with Crippen LogP contribution < -0.4 is 10.7 Å². The van der Waals surface area contributed by atoms with Crippen molar-refractivity contribution in [3.8, 4) is 0 Å². The van der Waals surface area contributed by atoms with E-state index in [2.05, 4.69) is 28.0 Å². The molecule has 0 aliphatic heterocycles. The summed E-state index contributed by atoms with van der Waals surface area (Å²) >= 11 is 0. The number of hydrazone groups is 1. The first kappa shape index (κ1) is 11.0. The Bertz CT molecular complexity index is 507. The van der Waals surface area contributed by atoms with Gasteiger partial charge in [-0.05, 0) is 30.9 Å². The second kappa shape index (κ2) is 4.64. The molecule has 0 bridgehead atoms. The molecular weight excluding hydrogens is 226 g/mol. The first-order chi connectivity index (χ1) is 8.83. The van der Waals surface area contributed by atoms with Crippen LogP contribution in [0.2, 0.25) is 0 Å². The van der Waals surface area contributed by atoms with E-state index >= 15 is 0 Å². The highest BCUT2D eigenvalue weighted by Crippen LogP contribution is 2.39. The minimum absolute atomic E-state index is 0.289. The van der Waals surface area contributed by atoms with Crippen molar-refractivity contribution in [3.63, 3.8) is 0 Å². The molecule has 18 heavy (non-hydrogen) atoms. The van der Waals surface area contributed by atoms with E-state index < -0.39 is 0 Å². The molecule has 1 aromatic rings. The highest BCUT2D eigenvalue weighted by atomic mass is 16.2. The van der Waals surface area contributed by atoms with Gasteiger partial charge in [-0.25, -0.2) is 10.2 Å². The number of anilines is 1. The van der Waals surface area contributed by atoms with Crippen LogP contribution >= 0.6 is 0 Å². The topological polar surface area (TPSA) is 53.5 Å². The second-order valence-corrected chi connectivity index (χ2v) is 4.67. The molecular formula is C14H15N3O. The molecule has 0 unspecified atom stereocenters. The quantitative estimate of drug-likeness (QED) is 0.607. The van der Waals surface area contributed by atoms with E-state index in [1.54, 1.807) is 0 Å². The van der Waals surface area contributed by atoms with Crippen LogP contribution in [0.4, 0.5) is 10.5 Å². The summed E-state index contributed by atoms with van der Waals surface area (Å²) in [4.78, 5) is 11.6. The molecule has 1 saturated carbocycles. The van der Waals surface area contributed by atoms with Crippen molar-refractivity contribution in [3.05, 3.63) is 42.5 Å². The van der Waals surface area contributed by atoms with E-state index in [0.29, 0.717) is 11.8 Å². The predicted molar refractivity (Wildman–Crippen MR) is 71.4 cm³/mol. The van der Waals surface area contributed by atoms with Crippen LogP contribution in [0.5, 0.6) is 0 Å². The maximum Gasteiger partial charge on any atom is 0.339 e. The first-order valence-electron chi connectivity index (χ1n) is 6.18. The number of fused-ring (bicyclic) bond motifs is 1. The molecule has 1 aromatic carbocycles. The summed E-state index contributed by atoms with van der Waals surface area (Å²) in [6.45, 7) is 0. The van der Waals surface area contributed by atoms with Gasteiger partial charge in [0.1, 0.15) is 0 Å². The lowest BCUT2D eigenvalue weighted by atomic mass is 9.74. The predicted octanol–water partition coefficient (Wildman–Crippen LogP) is 2.76. The summed E-state index contributed by atoms with van der Waals surface area (Å²) in [7, 11) is 0. The largest absolute Gasteiger partial charge is 0.339 e. The zero-order valence-corrected chi connectivity index (χ0v) is 9.97. The zero-order chi connectivity index (χ0) is 12.4. The van der Waals surface area contributed by atoms with Crippen LogP contribution in [-0.2, 0) is 0 Å². The van der Waals surface area contributed by atoms with E-state index in [-0.39, 0.29) is 6.03 Å². The minimum atomic E-state index is -0.289. The number of para-hydroxylation sites is 1. The van der Waals surface area contributed by atoms with E-state index in [1.165, 1.54) is 0 Å². The molecule has 1 fully saturated rings. The molecule has 2 N–H and O–H groups in total. The lowest BCUT2D eigenvalue weighted by Gasteiger charge is -2.31. The number of nitrogens with one attached hydrogen (secondary N) is 2. The van der Waals surface area contributed by atoms with Gasteiger partial charge >= 0.3 is 6.03 Å². The van der Waals surface area contributed by atoms with Gasteiger partial charge in [0.05, 0.1) is 0 Å². The van der Waals surface area contributed by atoms with Gasteiger partial charge in [0.15, 0.2) is 0 Å². The SMILES string of the molecule is O=C(N/N=C1/C[C@@H]2C=CC[C@H]12)Nc1ccccc1. The summed E-state index contributed by atoms with van der Waals surface area (Å²) in [5.41, 5.74) is 4.43. The second-order valence-electron chi connectivity index (χ2n) is 4.67. The summed E-state index contributed by atoms with van der Waals surface area (Å²) in [5.74, 6) is 1.18. The van der Waals surface area contributed by atoms with Crippen molar-refractivity contribution in [1.82, 2.24) is 5.43 Å². The van der Waals surface area contributed by atoms with Crippen LogP contribution in [0, 0.1) is 11.8 Å². The van der Waals surface area contributed by atoms with Gasteiger partial charge in [-0.15, -0.1) is 0 Å². The van der Waals surface area contributed by atoms with Crippen molar-refractivity contribution in [2.45, 2.75) is 12.8 Å². The Kier molecular flexibility index (Phi) is 2.84. The number of rotatable bonds is 2. The number of carbonyl (C=O) groups is 1. The third-order valence-corrected chi connectivity index (χ3v) is 3.50. The Morgan fingerprint density at radius 2 is 2.11 bits per heavy atom. The van der Waals surface area contributed by atoms with Crippen LogP contribution in [-0.4, -0.2) is 11.7 Å². The van der Waals surface area contributed by atoms with Gasteiger partial charge in [0.2, 0.25) is 0 Å². The summed E-state index contributed by atoms with van der Waals surface area (Å²) in [6.07, 6.45) is 6.48. The summed E-state index contributed by atoms with van der Waals surface area (Å²) < 4.78 is 0. The van der Waals surface area contributed by atoms with Gasteiger partial charge in [-0.3, -0.25) is 0 Å². The van der Waals surface area contributed by atoms with E-state index in [0.717, 1.165) is 24.2 Å². The fourth-order valence-electron chi connectivity index (χ4n) is 2.47. The van der Waals surface area contributed by atoms with Crippen molar-refractivity contribution < 1.29 is 4.79 Å². The zero-order valence-electron chi connectivity index (χ0n) is 9.97. The Morgan fingerprint density at radius 3 is 2.89 bits per heavy atom. The Labute approximate surface area is 106 Å². The average molecular weight is 241 g/mol. The molecule has 2 aliphatic carbocycles. The molecule has 4 nitrogen and oxygen atoms in total. The molecule has 0 aromatic heterocycles. The summed E-state index contributed by atoms with van der Waals surface area (Å²) in [6, 6.07) is 9.05. The van der Waals surface area contributed by atoms with Crippen molar-refractivity contribution in [2.24, 2.45) is 16.9 Å². The number of carbonyl (C=O) groups excluding carboxylic acids is 1. The Hall–Kier alpha value is -2.10. The van der Waals surface area contributed by atoms with Crippen molar-refractivity contribution >= 4 is 17.4 Å². The number of allylic oxidation sites excluding steroid dienone is 2. The fraction of sp³-hybridized carbons (Fsp3) is 0.286. The Morgan fingerprint density at radius 1 is 1.28 bits per heavy atom. The third kappa shape index (κ3) is 2.14. The molecule has 2 atom stereocenters. The van der Waals surface area contributed by atoms with E-state index in [9.17, 15) is 4.79 Å². The van der Waals surface area contributed by atoms with Gasteiger partial charge < -0.3 is 5.32 Å². The summed E-state index contributed by atoms with van der Waals surface area (Å²) in [5, 5.41) is 6.92. The molecule has 0 heterocycles. The maximum atomic E-state index is 11.6. The number of hydrogen-bond acceptors (Lipinski definition) is 2. The molecule has 2 amide bonds. The minimum Gasteiger partial charge on any atom is -0.307 e. The molecule has 0 radical (unpaired) electrons. The number of nitrogens with zero attached hydrogens (tertiary/aromatic N) is 1. The lowest BCUT2D eigenvalue weighted by Crippen LogP contribution is -2.36. The highest BCUT2D eigenvalue weighted by Gasteiger charge is 2.37. The van der Waals surface area contributed by atoms with Crippen LogP contribution in [0.3, 0.4) is 0 Å². The molecule has 4 heteroatoms. The standard InChI is InChI=1S/C14H15N3O/c18-14(15-11-6-2-1-3-7-11)17-16-13-9-10-5-4-8-12(10)13/h1-7,10,12H,8-9H2,(H2,15,17,18)/b16-13-/t10-,12-/m0/s1. The normalized spacial score (nSPS) is 26.6. The monoisotopic (exact) mass is 241 g/mol. The van der Waals surface area contributed by atoms with Gasteiger partial charge in [0, 0.05) is 17.3 Å². The number of hydrogen-bond donors (Lipinski definition) is 2. The van der Waals surface area contributed by atoms with Crippen LogP contribution in [0.15, 0.2) is 47.6 Å². The molecule has 3 rings (SSSR count). The first-order valence-corrected chi connectivity index (χ1v) is 6.18. The molecule has 92 valence electrons. The molecule has 0 spiro atoms. The van der Waals surface area contributed by atoms with E-state index in [4.69, 9.17) is 0 Å². The number of benzene rings is 1.